The topological polar surface area (TPSA) is 44.4 Å². The maximum absolute atomic E-state index is 11.6. The van der Waals surface area contributed by atoms with E-state index in [0.29, 0.717) is 24.1 Å². The van der Waals surface area contributed by atoms with Gasteiger partial charge in [-0.2, -0.15) is 0 Å². The highest BCUT2D eigenvalue weighted by Crippen LogP contribution is 1.92. The number of carbonyl (C=O) groups excluding carboxylic acids is 1. The fourth-order valence-electron chi connectivity index (χ4n) is 1.33. The first kappa shape index (κ1) is 15.2. The molecule has 16 heavy (non-hydrogen) atoms. The molecule has 94 valence electrons. The summed E-state index contributed by atoms with van der Waals surface area (Å²) in [7, 11) is 0. The van der Waals surface area contributed by atoms with Gasteiger partial charge in [0.25, 0.3) is 0 Å². The molecular formula is C11H23N3OS. The van der Waals surface area contributed by atoms with Crippen molar-refractivity contribution in [3.63, 3.8) is 0 Å². The van der Waals surface area contributed by atoms with E-state index in [-0.39, 0.29) is 5.91 Å². The van der Waals surface area contributed by atoms with Gasteiger partial charge in [0.2, 0.25) is 5.91 Å². The molecule has 0 saturated carbocycles. The standard InChI is InChI=1S/C11H23N3OS/c1-5-14(6-2)10(15)7-8-12-11(16)13-9(3)4/h9H,5-8H2,1-4H3,(H2,12,13,16). The monoisotopic (exact) mass is 245 g/mol. The Morgan fingerprint density at radius 3 is 2.31 bits per heavy atom. The molecule has 5 heteroatoms. The Bertz CT molecular complexity index is 227. The summed E-state index contributed by atoms with van der Waals surface area (Å²) in [5, 5.41) is 6.70. The molecule has 4 nitrogen and oxygen atoms in total. The Balaban J connectivity index is 3.73. The van der Waals surface area contributed by atoms with E-state index in [1.807, 2.05) is 32.6 Å². The Morgan fingerprint density at radius 1 is 1.31 bits per heavy atom. The largest absolute Gasteiger partial charge is 0.362 e. The predicted octanol–water partition coefficient (Wildman–Crippen LogP) is 1.12. The molecule has 1 amide bonds. The number of rotatable bonds is 6. The van der Waals surface area contributed by atoms with Crippen LogP contribution in [0.25, 0.3) is 0 Å². The molecular weight excluding hydrogens is 222 g/mol. The predicted molar refractivity (Wildman–Crippen MR) is 71.4 cm³/mol. The number of nitrogens with zero attached hydrogens (tertiary/aromatic N) is 1. The highest BCUT2D eigenvalue weighted by Gasteiger charge is 2.08. The molecule has 0 aliphatic heterocycles. The van der Waals surface area contributed by atoms with Gasteiger partial charge in [0, 0.05) is 32.1 Å². The quantitative estimate of drug-likeness (QED) is 0.688. The van der Waals surface area contributed by atoms with E-state index < -0.39 is 0 Å². The van der Waals surface area contributed by atoms with Gasteiger partial charge in [-0.15, -0.1) is 0 Å². The molecule has 0 radical (unpaired) electrons. The normalized spacial score (nSPS) is 10.1. The van der Waals surface area contributed by atoms with E-state index in [9.17, 15) is 4.79 Å². The van der Waals surface area contributed by atoms with Gasteiger partial charge in [-0.25, -0.2) is 0 Å². The van der Waals surface area contributed by atoms with E-state index in [4.69, 9.17) is 12.2 Å². The number of nitrogens with one attached hydrogen (secondary N) is 2. The Hall–Kier alpha value is -0.840. The number of thiocarbonyl (C=S) groups is 1. The first-order valence-electron chi connectivity index (χ1n) is 5.83. The molecule has 0 aromatic heterocycles. The SMILES string of the molecule is CCN(CC)C(=O)CCNC(=S)NC(C)C. The van der Waals surface area contributed by atoms with Crippen LogP contribution < -0.4 is 10.6 Å². The van der Waals surface area contributed by atoms with Crippen LogP contribution >= 0.6 is 12.2 Å². The zero-order chi connectivity index (χ0) is 12.6. The summed E-state index contributed by atoms with van der Waals surface area (Å²) >= 11 is 5.06. The second-order valence-electron chi connectivity index (χ2n) is 3.87. The summed E-state index contributed by atoms with van der Waals surface area (Å²) in [5.74, 6) is 0.171. The molecule has 0 fully saturated rings. The Kier molecular flexibility index (Phi) is 7.89. The number of carbonyl (C=O) groups is 1. The third-order valence-corrected chi connectivity index (χ3v) is 2.42. The minimum atomic E-state index is 0.171. The van der Waals surface area contributed by atoms with Crippen molar-refractivity contribution in [1.29, 1.82) is 0 Å². The summed E-state index contributed by atoms with van der Waals surface area (Å²) < 4.78 is 0. The van der Waals surface area contributed by atoms with Crippen LogP contribution in [-0.4, -0.2) is 41.6 Å². The van der Waals surface area contributed by atoms with Gasteiger partial charge >= 0.3 is 0 Å². The van der Waals surface area contributed by atoms with Crippen molar-refractivity contribution in [2.24, 2.45) is 0 Å². The van der Waals surface area contributed by atoms with E-state index in [2.05, 4.69) is 10.6 Å². The van der Waals surface area contributed by atoms with Gasteiger partial charge in [0.1, 0.15) is 0 Å². The zero-order valence-corrected chi connectivity index (χ0v) is 11.5. The summed E-state index contributed by atoms with van der Waals surface area (Å²) in [5.41, 5.74) is 0. The average molecular weight is 245 g/mol. The van der Waals surface area contributed by atoms with Crippen molar-refractivity contribution in [2.75, 3.05) is 19.6 Å². The van der Waals surface area contributed by atoms with Crippen LogP contribution in [0.1, 0.15) is 34.1 Å². The van der Waals surface area contributed by atoms with Crippen LogP contribution in [0, 0.1) is 0 Å². The van der Waals surface area contributed by atoms with Gasteiger partial charge in [-0.1, -0.05) is 0 Å². The van der Waals surface area contributed by atoms with Crippen LogP contribution in [0.4, 0.5) is 0 Å². The van der Waals surface area contributed by atoms with Gasteiger partial charge in [-0.3, -0.25) is 4.79 Å². The molecule has 0 saturated heterocycles. The summed E-state index contributed by atoms with van der Waals surface area (Å²) in [6.45, 7) is 10.1. The van der Waals surface area contributed by atoms with Gasteiger partial charge in [0.05, 0.1) is 0 Å². The zero-order valence-electron chi connectivity index (χ0n) is 10.7. The maximum Gasteiger partial charge on any atom is 0.224 e. The fourth-order valence-corrected chi connectivity index (χ4v) is 1.67. The van der Waals surface area contributed by atoms with E-state index >= 15 is 0 Å². The lowest BCUT2D eigenvalue weighted by atomic mass is 10.3. The minimum absolute atomic E-state index is 0.171. The molecule has 0 spiro atoms. The van der Waals surface area contributed by atoms with Crippen molar-refractivity contribution >= 4 is 23.2 Å². The van der Waals surface area contributed by atoms with Crippen LogP contribution in [0.2, 0.25) is 0 Å². The van der Waals surface area contributed by atoms with Crippen molar-refractivity contribution < 1.29 is 4.79 Å². The molecule has 0 bridgehead atoms. The first-order valence-corrected chi connectivity index (χ1v) is 6.24. The van der Waals surface area contributed by atoms with Crippen LogP contribution in [-0.2, 0) is 4.79 Å². The van der Waals surface area contributed by atoms with Gasteiger partial charge in [-0.05, 0) is 39.9 Å². The molecule has 0 aromatic rings. The van der Waals surface area contributed by atoms with Gasteiger partial charge in [0.15, 0.2) is 5.11 Å². The van der Waals surface area contributed by atoms with Crippen LogP contribution in [0.5, 0.6) is 0 Å². The highest BCUT2D eigenvalue weighted by atomic mass is 32.1. The molecule has 2 N–H and O–H groups in total. The Labute approximate surface area is 104 Å². The van der Waals surface area contributed by atoms with Crippen molar-refractivity contribution in [3.05, 3.63) is 0 Å². The van der Waals surface area contributed by atoms with Crippen molar-refractivity contribution in [3.8, 4) is 0 Å². The molecule has 0 atom stereocenters. The molecule has 0 rings (SSSR count). The third-order valence-electron chi connectivity index (χ3n) is 2.16. The molecule has 0 unspecified atom stereocenters. The van der Waals surface area contributed by atoms with Crippen molar-refractivity contribution in [1.82, 2.24) is 15.5 Å². The molecule has 0 aliphatic rings. The van der Waals surface area contributed by atoms with Crippen LogP contribution in [0.3, 0.4) is 0 Å². The third kappa shape index (κ3) is 6.61. The number of hydrogen-bond donors (Lipinski definition) is 2. The van der Waals surface area contributed by atoms with E-state index in [0.717, 1.165) is 13.1 Å². The lowest BCUT2D eigenvalue weighted by molar-refractivity contribution is -0.130. The summed E-state index contributed by atoms with van der Waals surface area (Å²) in [6, 6.07) is 0.318. The van der Waals surface area contributed by atoms with Gasteiger partial charge < -0.3 is 15.5 Å². The smallest absolute Gasteiger partial charge is 0.224 e. The van der Waals surface area contributed by atoms with Crippen LogP contribution in [0.15, 0.2) is 0 Å². The summed E-state index contributed by atoms with van der Waals surface area (Å²) in [6.07, 6.45) is 0.488. The van der Waals surface area contributed by atoms with E-state index in [1.54, 1.807) is 0 Å². The molecule has 0 aliphatic carbocycles. The minimum Gasteiger partial charge on any atom is -0.362 e. The molecule has 0 aromatic carbocycles. The summed E-state index contributed by atoms with van der Waals surface area (Å²) in [4.78, 5) is 13.5. The Morgan fingerprint density at radius 2 is 1.88 bits per heavy atom. The number of amides is 1. The second kappa shape index (κ2) is 8.33. The fraction of sp³-hybridized carbons (Fsp3) is 0.818. The lowest BCUT2D eigenvalue weighted by Gasteiger charge is -2.19. The number of hydrogen-bond acceptors (Lipinski definition) is 2. The average Bonchev–Trinajstić information content (AvgIpc) is 2.18. The molecule has 0 heterocycles. The maximum atomic E-state index is 11.6. The highest BCUT2D eigenvalue weighted by molar-refractivity contribution is 7.80. The first-order chi connectivity index (χ1) is 7.51. The van der Waals surface area contributed by atoms with E-state index in [1.165, 1.54) is 0 Å². The second-order valence-corrected chi connectivity index (χ2v) is 4.28. The lowest BCUT2D eigenvalue weighted by Crippen LogP contribution is -2.41. The van der Waals surface area contributed by atoms with Crippen molar-refractivity contribution in [2.45, 2.75) is 40.2 Å².